The van der Waals surface area contributed by atoms with Gasteiger partial charge in [0, 0.05) is 11.8 Å². The fourth-order valence-corrected chi connectivity index (χ4v) is 4.19. The van der Waals surface area contributed by atoms with Crippen LogP contribution in [-0.2, 0) is 0 Å². The van der Waals surface area contributed by atoms with Crippen molar-refractivity contribution in [1.82, 2.24) is 0 Å². The van der Waals surface area contributed by atoms with E-state index in [1.54, 1.807) is 0 Å². The topological polar surface area (TPSA) is 47.6 Å². The summed E-state index contributed by atoms with van der Waals surface area (Å²) < 4.78 is 0. The Morgan fingerprint density at radius 2 is 1.27 bits per heavy atom. The van der Waals surface area contributed by atoms with Crippen molar-refractivity contribution in [1.29, 1.82) is 10.5 Å². The van der Waals surface area contributed by atoms with Crippen molar-refractivity contribution in [2.75, 3.05) is 0 Å². The van der Waals surface area contributed by atoms with Gasteiger partial charge in [0.15, 0.2) is 0 Å². The molecule has 0 aliphatic heterocycles. The molecule has 0 fully saturated rings. The van der Waals surface area contributed by atoms with E-state index in [1.807, 2.05) is 24.3 Å². The number of fused-ring (bicyclic) bond motifs is 2. The molecular weight excluding hydrogens is 316 g/mol. The van der Waals surface area contributed by atoms with E-state index in [0.29, 0.717) is 11.1 Å². The summed E-state index contributed by atoms with van der Waals surface area (Å²) >= 11 is 0. The summed E-state index contributed by atoms with van der Waals surface area (Å²) in [6.45, 7) is 4.28. The lowest BCUT2D eigenvalue weighted by Crippen LogP contribution is -2.18. The molecule has 0 radical (unpaired) electrons. The van der Waals surface area contributed by atoms with Gasteiger partial charge in [-0.1, -0.05) is 43.3 Å². The molecule has 0 amide bonds. The van der Waals surface area contributed by atoms with Crippen LogP contribution < -0.4 is 0 Å². The average Bonchev–Trinajstić information content (AvgIpc) is 2.69. The first-order valence-corrected chi connectivity index (χ1v) is 8.77. The van der Waals surface area contributed by atoms with E-state index in [2.05, 4.69) is 62.4 Å². The molecule has 124 valence electrons. The largest absolute Gasteiger partial charge is 0.192 e. The van der Waals surface area contributed by atoms with E-state index in [1.165, 1.54) is 27.8 Å². The Morgan fingerprint density at radius 1 is 0.692 bits per heavy atom. The van der Waals surface area contributed by atoms with Crippen LogP contribution >= 0.6 is 0 Å². The maximum absolute atomic E-state index is 9.32. The molecular formula is C24H18N2. The van der Waals surface area contributed by atoms with Crippen LogP contribution in [0.15, 0.2) is 60.7 Å². The Morgan fingerprint density at radius 3 is 1.92 bits per heavy atom. The molecule has 0 saturated carbocycles. The van der Waals surface area contributed by atoms with Crippen molar-refractivity contribution in [3.8, 4) is 12.1 Å². The number of hydrogen-bond acceptors (Lipinski definition) is 2. The normalized spacial score (nSPS) is 17.5. The van der Waals surface area contributed by atoms with Crippen molar-refractivity contribution in [3.05, 3.63) is 105 Å². The second-order valence-corrected chi connectivity index (χ2v) is 6.92. The number of rotatable bonds is 1. The van der Waals surface area contributed by atoms with Gasteiger partial charge in [0.1, 0.15) is 0 Å². The molecule has 3 aromatic rings. The third kappa shape index (κ3) is 2.40. The van der Waals surface area contributed by atoms with Crippen LogP contribution in [0.25, 0.3) is 0 Å². The SMILES string of the molecule is Cc1cc(C#N)ccc1C1c2ccccc2C(C)c2cc(C#N)ccc21. The van der Waals surface area contributed by atoms with Gasteiger partial charge in [-0.2, -0.15) is 10.5 Å². The minimum absolute atomic E-state index is 0.123. The number of nitriles is 2. The highest BCUT2D eigenvalue weighted by Gasteiger charge is 2.31. The van der Waals surface area contributed by atoms with Gasteiger partial charge in [-0.15, -0.1) is 0 Å². The molecule has 0 spiro atoms. The predicted octanol–water partition coefficient (Wildman–Crippen LogP) is 5.38. The summed E-state index contributed by atoms with van der Waals surface area (Å²) in [7, 11) is 0. The Kier molecular flexibility index (Phi) is 3.83. The predicted molar refractivity (Wildman–Crippen MR) is 102 cm³/mol. The summed E-state index contributed by atoms with van der Waals surface area (Å²) in [6.07, 6.45) is 0. The minimum Gasteiger partial charge on any atom is -0.192 e. The molecule has 0 bridgehead atoms. The molecule has 2 unspecified atom stereocenters. The third-order valence-electron chi connectivity index (χ3n) is 5.48. The summed E-state index contributed by atoms with van der Waals surface area (Å²) in [5.74, 6) is 0.377. The lowest BCUT2D eigenvalue weighted by molar-refractivity contribution is 0.790. The van der Waals surface area contributed by atoms with Crippen molar-refractivity contribution >= 4 is 0 Å². The first-order chi connectivity index (χ1) is 12.6. The number of benzene rings is 3. The van der Waals surface area contributed by atoms with Crippen molar-refractivity contribution < 1.29 is 0 Å². The molecule has 1 aliphatic carbocycles. The van der Waals surface area contributed by atoms with Gasteiger partial charge in [-0.25, -0.2) is 0 Å². The third-order valence-corrected chi connectivity index (χ3v) is 5.48. The number of nitrogens with zero attached hydrogens (tertiary/aromatic N) is 2. The summed E-state index contributed by atoms with van der Waals surface area (Å²) in [6, 6.07) is 25.0. The fraction of sp³-hybridized carbons (Fsp3) is 0.167. The quantitative estimate of drug-likeness (QED) is 0.599. The highest BCUT2D eigenvalue weighted by molar-refractivity contribution is 5.60. The van der Waals surface area contributed by atoms with Crippen molar-refractivity contribution in [2.45, 2.75) is 25.7 Å². The molecule has 3 aromatic carbocycles. The first-order valence-electron chi connectivity index (χ1n) is 8.77. The Hall–Kier alpha value is -3.36. The first kappa shape index (κ1) is 16.1. The molecule has 4 rings (SSSR count). The highest BCUT2D eigenvalue weighted by Crippen LogP contribution is 2.46. The monoisotopic (exact) mass is 334 g/mol. The number of hydrogen-bond donors (Lipinski definition) is 0. The summed E-state index contributed by atoms with van der Waals surface area (Å²) in [5, 5.41) is 18.5. The molecule has 2 atom stereocenters. The van der Waals surface area contributed by atoms with Crippen LogP contribution in [0.4, 0.5) is 0 Å². The maximum Gasteiger partial charge on any atom is 0.0991 e. The van der Waals surface area contributed by atoms with Gasteiger partial charge in [-0.3, -0.25) is 0 Å². The van der Waals surface area contributed by atoms with Gasteiger partial charge in [0.05, 0.1) is 23.3 Å². The fourth-order valence-electron chi connectivity index (χ4n) is 4.19. The van der Waals surface area contributed by atoms with E-state index < -0.39 is 0 Å². The zero-order valence-corrected chi connectivity index (χ0v) is 14.8. The molecule has 26 heavy (non-hydrogen) atoms. The van der Waals surface area contributed by atoms with Crippen LogP contribution in [0, 0.1) is 29.6 Å². The van der Waals surface area contributed by atoms with Gasteiger partial charge in [0.2, 0.25) is 0 Å². The number of aryl methyl sites for hydroxylation is 1. The van der Waals surface area contributed by atoms with E-state index >= 15 is 0 Å². The second-order valence-electron chi connectivity index (χ2n) is 6.92. The zero-order chi connectivity index (χ0) is 18.3. The molecule has 2 nitrogen and oxygen atoms in total. The Labute approximate surface area is 154 Å². The lowest BCUT2D eigenvalue weighted by atomic mass is 9.70. The molecule has 1 aliphatic rings. The molecule has 0 aromatic heterocycles. The Bertz CT molecular complexity index is 1100. The lowest BCUT2D eigenvalue weighted by Gasteiger charge is -2.34. The van der Waals surface area contributed by atoms with Gasteiger partial charge in [-0.05, 0) is 64.6 Å². The Balaban J connectivity index is 2.00. The minimum atomic E-state index is 0.123. The maximum atomic E-state index is 9.32. The van der Waals surface area contributed by atoms with Crippen molar-refractivity contribution in [3.63, 3.8) is 0 Å². The van der Waals surface area contributed by atoms with E-state index in [0.717, 1.165) is 5.56 Å². The van der Waals surface area contributed by atoms with Crippen LogP contribution in [-0.4, -0.2) is 0 Å². The molecule has 0 heterocycles. The van der Waals surface area contributed by atoms with E-state index in [9.17, 15) is 10.5 Å². The summed E-state index contributed by atoms with van der Waals surface area (Å²) in [4.78, 5) is 0. The van der Waals surface area contributed by atoms with E-state index in [4.69, 9.17) is 0 Å². The van der Waals surface area contributed by atoms with Crippen LogP contribution in [0.3, 0.4) is 0 Å². The highest BCUT2D eigenvalue weighted by atomic mass is 14.4. The zero-order valence-electron chi connectivity index (χ0n) is 14.8. The second kappa shape index (κ2) is 6.17. The average molecular weight is 334 g/mol. The van der Waals surface area contributed by atoms with Gasteiger partial charge < -0.3 is 0 Å². The van der Waals surface area contributed by atoms with E-state index in [-0.39, 0.29) is 11.8 Å². The van der Waals surface area contributed by atoms with Gasteiger partial charge in [0.25, 0.3) is 0 Å². The van der Waals surface area contributed by atoms with Crippen molar-refractivity contribution in [2.24, 2.45) is 0 Å². The van der Waals surface area contributed by atoms with Gasteiger partial charge >= 0.3 is 0 Å². The molecule has 2 heteroatoms. The van der Waals surface area contributed by atoms with Crippen LogP contribution in [0.2, 0.25) is 0 Å². The summed E-state index contributed by atoms with van der Waals surface area (Å²) in [5.41, 5.74) is 8.81. The smallest absolute Gasteiger partial charge is 0.0991 e. The standard InChI is InChI=1S/C24H18N2/c1-15-11-17(13-25)7-9-19(15)24-21-6-4-3-5-20(21)16(2)23-12-18(14-26)8-10-22(23)24/h3-12,16,24H,1-2H3. The molecule has 0 saturated heterocycles. The van der Waals surface area contributed by atoms with Crippen LogP contribution in [0.5, 0.6) is 0 Å². The van der Waals surface area contributed by atoms with Crippen LogP contribution in [0.1, 0.15) is 63.3 Å². The molecule has 0 N–H and O–H groups in total.